The SMILES string of the molecule is CC(=O)C(C)(C)c1ccc2nc(Nc3c(Cl)cccc3Cl)n(C)c2c1C#N. The van der Waals surface area contributed by atoms with Crippen molar-refractivity contribution in [1.82, 2.24) is 9.55 Å². The summed E-state index contributed by atoms with van der Waals surface area (Å²) in [5.41, 5.74) is 2.17. The summed E-state index contributed by atoms with van der Waals surface area (Å²) in [6, 6.07) is 11.1. The van der Waals surface area contributed by atoms with Crippen LogP contribution >= 0.6 is 23.2 Å². The molecule has 1 aromatic heterocycles. The molecule has 0 aliphatic rings. The lowest BCUT2D eigenvalue weighted by Crippen LogP contribution is -2.27. The van der Waals surface area contributed by atoms with Crippen LogP contribution in [-0.4, -0.2) is 15.3 Å². The molecule has 3 rings (SSSR count). The molecule has 5 nitrogen and oxygen atoms in total. The van der Waals surface area contributed by atoms with Gasteiger partial charge in [0.25, 0.3) is 0 Å². The average molecular weight is 401 g/mol. The van der Waals surface area contributed by atoms with Crippen molar-refractivity contribution >= 4 is 51.7 Å². The molecule has 0 saturated heterocycles. The third kappa shape index (κ3) is 3.16. The molecule has 0 atom stereocenters. The maximum absolute atomic E-state index is 12.1. The molecular weight excluding hydrogens is 383 g/mol. The van der Waals surface area contributed by atoms with Crippen molar-refractivity contribution < 1.29 is 4.79 Å². The molecule has 1 N–H and O–H groups in total. The quantitative estimate of drug-likeness (QED) is 0.639. The molecular formula is C20H18Cl2N4O. The van der Waals surface area contributed by atoms with Crippen LogP contribution in [0.3, 0.4) is 0 Å². The molecule has 0 amide bonds. The van der Waals surface area contributed by atoms with Crippen molar-refractivity contribution in [3.8, 4) is 6.07 Å². The molecule has 0 unspecified atom stereocenters. The summed E-state index contributed by atoms with van der Waals surface area (Å²) < 4.78 is 1.77. The number of carbonyl (C=O) groups is 1. The zero-order valence-corrected chi connectivity index (χ0v) is 16.9. The smallest absolute Gasteiger partial charge is 0.208 e. The van der Waals surface area contributed by atoms with Crippen molar-refractivity contribution in [2.45, 2.75) is 26.2 Å². The van der Waals surface area contributed by atoms with Gasteiger partial charge in [-0.15, -0.1) is 0 Å². The van der Waals surface area contributed by atoms with E-state index in [9.17, 15) is 10.1 Å². The number of aryl methyl sites for hydroxylation is 1. The molecule has 2 aromatic carbocycles. The summed E-state index contributed by atoms with van der Waals surface area (Å²) in [6.07, 6.45) is 0. The van der Waals surface area contributed by atoms with Gasteiger partial charge in [-0.3, -0.25) is 4.79 Å². The Hall–Kier alpha value is -2.55. The number of benzene rings is 2. The Labute approximate surface area is 167 Å². The second-order valence-corrected chi connectivity index (χ2v) is 7.68. The lowest BCUT2D eigenvalue weighted by Gasteiger charge is -2.23. The van der Waals surface area contributed by atoms with Crippen LogP contribution in [0.1, 0.15) is 31.9 Å². The number of nitriles is 1. The molecule has 138 valence electrons. The molecule has 0 spiro atoms. The second kappa shape index (κ2) is 6.88. The van der Waals surface area contributed by atoms with Crippen molar-refractivity contribution in [2.75, 3.05) is 5.32 Å². The van der Waals surface area contributed by atoms with E-state index in [1.54, 1.807) is 35.9 Å². The van der Waals surface area contributed by atoms with E-state index in [1.807, 2.05) is 19.9 Å². The fourth-order valence-corrected chi connectivity index (χ4v) is 3.46. The summed E-state index contributed by atoms with van der Waals surface area (Å²) in [5, 5.41) is 13.9. The van der Waals surface area contributed by atoms with Crippen molar-refractivity contribution in [3.05, 3.63) is 51.5 Å². The Morgan fingerprint density at radius 1 is 1.22 bits per heavy atom. The highest BCUT2D eigenvalue weighted by atomic mass is 35.5. The maximum atomic E-state index is 12.1. The summed E-state index contributed by atoms with van der Waals surface area (Å²) in [6.45, 7) is 5.16. The molecule has 0 aliphatic heterocycles. The number of Topliss-reactive ketones (excluding diaryl/α,β-unsaturated/α-hetero) is 1. The topological polar surface area (TPSA) is 70.7 Å². The van der Waals surface area contributed by atoms with Crippen LogP contribution in [-0.2, 0) is 17.3 Å². The molecule has 0 aliphatic carbocycles. The summed E-state index contributed by atoms with van der Waals surface area (Å²) in [7, 11) is 1.80. The number of halogens is 2. The zero-order valence-electron chi connectivity index (χ0n) is 15.4. The lowest BCUT2D eigenvalue weighted by molar-refractivity contribution is -0.121. The normalized spacial score (nSPS) is 11.4. The van der Waals surface area contributed by atoms with E-state index in [0.29, 0.717) is 43.8 Å². The Morgan fingerprint density at radius 3 is 2.41 bits per heavy atom. The Balaban J connectivity index is 2.21. The number of ketones is 1. The van der Waals surface area contributed by atoms with Crippen molar-refractivity contribution in [2.24, 2.45) is 7.05 Å². The van der Waals surface area contributed by atoms with E-state index in [1.165, 1.54) is 6.92 Å². The van der Waals surface area contributed by atoms with Crippen LogP contribution in [0.15, 0.2) is 30.3 Å². The Bertz CT molecular complexity index is 1090. The summed E-state index contributed by atoms with van der Waals surface area (Å²) >= 11 is 12.5. The van der Waals surface area contributed by atoms with E-state index >= 15 is 0 Å². The first kappa shape index (κ1) is 19.2. The fraction of sp³-hybridized carbons (Fsp3) is 0.250. The minimum Gasteiger partial charge on any atom is -0.323 e. The summed E-state index contributed by atoms with van der Waals surface area (Å²) in [4.78, 5) is 16.7. The average Bonchev–Trinajstić information content (AvgIpc) is 2.93. The highest BCUT2D eigenvalue weighted by Crippen LogP contribution is 2.36. The van der Waals surface area contributed by atoms with Crippen LogP contribution in [0.2, 0.25) is 10.0 Å². The van der Waals surface area contributed by atoms with Crippen LogP contribution in [0, 0.1) is 11.3 Å². The Morgan fingerprint density at radius 2 is 1.85 bits per heavy atom. The third-order valence-electron chi connectivity index (χ3n) is 4.90. The number of fused-ring (bicyclic) bond motifs is 1. The molecule has 0 fully saturated rings. The van der Waals surface area contributed by atoms with E-state index < -0.39 is 5.41 Å². The standard InChI is InChI=1S/C20H18Cl2N4O/c1-11(27)20(2,3)13-8-9-16-18(12(13)10-23)26(4)19(24-16)25-17-14(21)6-5-7-15(17)22/h5-9H,1-4H3,(H,24,25). The molecule has 0 radical (unpaired) electrons. The van der Waals surface area contributed by atoms with Crippen LogP contribution < -0.4 is 5.32 Å². The molecule has 7 heteroatoms. The van der Waals surface area contributed by atoms with Gasteiger partial charge in [-0.05, 0) is 44.5 Å². The van der Waals surface area contributed by atoms with Crippen LogP contribution in [0.5, 0.6) is 0 Å². The minimum atomic E-state index is -0.775. The number of para-hydroxylation sites is 1. The van der Waals surface area contributed by atoms with Gasteiger partial charge in [-0.1, -0.05) is 35.3 Å². The van der Waals surface area contributed by atoms with Gasteiger partial charge < -0.3 is 9.88 Å². The predicted molar refractivity (Wildman–Crippen MR) is 109 cm³/mol. The molecule has 1 heterocycles. The van der Waals surface area contributed by atoms with E-state index in [-0.39, 0.29) is 5.78 Å². The highest BCUT2D eigenvalue weighted by molar-refractivity contribution is 6.39. The van der Waals surface area contributed by atoms with Gasteiger partial charge in [0.1, 0.15) is 11.9 Å². The number of imidazole rings is 1. The van der Waals surface area contributed by atoms with Crippen LogP contribution in [0.4, 0.5) is 11.6 Å². The number of aromatic nitrogens is 2. The largest absolute Gasteiger partial charge is 0.323 e. The molecule has 0 bridgehead atoms. The molecule has 3 aromatic rings. The number of anilines is 2. The lowest BCUT2D eigenvalue weighted by atomic mass is 9.78. The van der Waals surface area contributed by atoms with Gasteiger partial charge in [-0.25, -0.2) is 4.98 Å². The van der Waals surface area contributed by atoms with E-state index in [2.05, 4.69) is 16.4 Å². The number of rotatable bonds is 4. The number of hydrogen-bond acceptors (Lipinski definition) is 4. The number of carbonyl (C=O) groups excluding carboxylic acids is 1. The number of nitrogens with one attached hydrogen (secondary N) is 1. The van der Waals surface area contributed by atoms with Gasteiger partial charge in [0, 0.05) is 12.5 Å². The Kier molecular flexibility index (Phi) is 4.90. The van der Waals surface area contributed by atoms with Gasteiger partial charge in [0.2, 0.25) is 5.95 Å². The van der Waals surface area contributed by atoms with Gasteiger partial charge in [0.15, 0.2) is 0 Å². The van der Waals surface area contributed by atoms with Crippen LogP contribution in [0.25, 0.3) is 11.0 Å². The van der Waals surface area contributed by atoms with E-state index in [4.69, 9.17) is 23.2 Å². The first-order chi connectivity index (χ1) is 12.7. The summed E-state index contributed by atoms with van der Waals surface area (Å²) in [5.74, 6) is 0.482. The van der Waals surface area contributed by atoms with Gasteiger partial charge in [0.05, 0.1) is 32.3 Å². The minimum absolute atomic E-state index is 0.0123. The number of hydrogen-bond donors (Lipinski definition) is 1. The molecule has 27 heavy (non-hydrogen) atoms. The van der Waals surface area contributed by atoms with Crippen molar-refractivity contribution in [1.29, 1.82) is 5.26 Å². The zero-order chi connectivity index (χ0) is 19.9. The number of nitrogens with zero attached hydrogens (tertiary/aromatic N) is 3. The maximum Gasteiger partial charge on any atom is 0.208 e. The molecule has 0 saturated carbocycles. The first-order valence-electron chi connectivity index (χ1n) is 8.30. The van der Waals surface area contributed by atoms with Gasteiger partial charge >= 0.3 is 0 Å². The predicted octanol–water partition coefficient (Wildman–Crippen LogP) is 5.36. The first-order valence-corrected chi connectivity index (χ1v) is 9.06. The van der Waals surface area contributed by atoms with Crippen molar-refractivity contribution in [3.63, 3.8) is 0 Å². The monoisotopic (exact) mass is 400 g/mol. The van der Waals surface area contributed by atoms with Gasteiger partial charge in [-0.2, -0.15) is 5.26 Å². The van der Waals surface area contributed by atoms with E-state index in [0.717, 1.165) is 0 Å². The second-order valence-electron chi connectivity index (χ2n) is 6.86. The third-order valence-corrected chi connectivity index (χ3v) is 5.53. The fourth-order valence-electron chi connectivity index (χ4n) is 2.97. The highest BCUT2D eigenvalue weighted by Gasteiger charge is 2.30.